The lowest BCUT2D eigenvalue weighted by Gasteiger charge is -2.26. The van der Waals surface area contributed by atoms with Gasteiger partial charge in [0.1, 0.15) is 5.75 Å². The van der Waals surface area contributed by atoms with Crippen LogP contribution >= 0.6 is 0 Å². The fourth-order valence-electron chi connectivity index (χ4n) is 3.74. The largest absolute Gasteiger partial charge is 0.494 e. The van der Waals surface area contributed by atoms with E-state index in [1.165, 1.54) is 12.0 Å². The second kappa shape index (κ2) is 10.9. The number of nitrogens with zero attached hydrogens (tertiary/aromatic N) is 4. The van der Waals surface area contributed by atoms with Gasteiger partial charge in [-0.05, 0) is 38.4 Å². The van der Waals surface area contributed by atoms with Crippen LogP contribution < -0.4 is 20.3 Å². The Morgan fingerprint density at radius 2 is 2.06 bits per heavy atom. The molecule has 0 aliphatic carbocycles. The maximum atomic E-state index is 12.3. The van der Waals surface area contributed by atoms with Gasteiger partial charge in [0.15, 0.2) is 0 Å². The van der Waals surface area contributed by atoms with Crippen LogP contribution in [0.4, 0.5) is 23.0 Å². The zero-order valence-corrected chi connectivity index (χ0v) is 20.5. The summed E-state index contributed by atoms with van der Waals surface area (Å²) in [6.45, 7) is 1.70. The maximum Gasteiger partial charge on any atom is 0.247 e. The zero-order valence-electron chi connectivity index (χ0n) is 23.5. The summed E-state index contributed by atoms with van der Waals surface area (Å²) in [7, 11) is 5.20. The van der Waals surface area contributed by atoms with Gasteiger partial charge >= 0.3 is 0 Å². The van der Waals surface area contributed by atoms with Crippen molar-refractivity contribution in [1.29, 1.82) is 0 Å². The molecule has 0 fully saturated rings. The average molecular weight is 489 g/mol. The van der Waals surface area contributed by atoms with Crippen LogP contribution in [0.1, 0.15) is 4.11 Å². The lowest BCUT2D eigenvalue weighted by molar-refractivity contribution is -0.111. The zero-order chi connectivity index (χ0) is 28.2. The number of carbonyl (C=O) groups is 1. The highest BCUT2D eigenvalue weighted by atomic mass is 16.5. The van der Waals surface area contributed by atoms with Crippen LogP contribution in [0, 0.1) is 0 Å². The molecule has 1 amide bonds. The van der Waals surface area contributed by atoms with Crippen molar-refractivity contribution in [2.75, 3.05) is 56.8 Å². The normalized spacial score (nSPS) is 12.5. The molecule has 0 atom stereocenters. The molecular weight excluding hydrogens is 454 g/mol. The van der Waals surface area contributed by atoms with E-state index in [4.69, 9.17) is 8.85 Å². The number of H-pyrrole nitrogens is 1. The number of rotatable bonds is 10. The third-order valence-corrected chi connectivity index (χ3v) is 5.59. The number of aromatic nitrogens is 3. The van der Waals surface area contributed by atoms with Gasteiger partial charge in [0.2, 0.25) is 11.9 Å². The molecule has 2 heterocycles. The first kappa shape index (κ1) is 21.0. The summed E-state index contributed by atoms with van der Waals surface area (Å²) < 4.78 is 30.0. The first-order chi connectivity index (χ1) is 18.6. The molecule has 0 unspecified atom stereocenters. The highest BCUT2D eigenvalue weighted by Gasteiger charge is 2.17. The summed E-state index contributed by atoms with van der Waals surface area (Å²) in [5.41, 5.74) is 3.61. The number of likely N-dealkylation sites (N-methyl/N-ethyl adjacent to an activating group) is 2. The van der Waals surface area contributed by atoms with Crippen LogP contribution in [-0.4, -0.2) is 67.0 Å². The van der Waals surface area contributed by atoms with E-state index >= 15 is 0 Å². The molecule has 0 saturated heterocycles. The summed E-state index contributed by atoms with van der Waals surface area (Å²) in [6, 6.07) is 12.9. The molecule has 9 heteroatoms. The topological polar surface area (TPSA) is 98.4 Å². The molecule has 0 saturated carbocycles. The summed E-state index contributed by atoms with van der Waals surface area (Å²) in [6.07, 6.45) is 4.66. The van der Waals surface area contributed by atoms with Crippen molar-refractivity contribution in [2.24, 2.45) is 0 Å². The summed E-state index contributed by atoms with van der Waals surface area (Å²) >= 11 is 0. The Labute approximate surface area is 215 Å². The van der Waals surface area contributed by atoms with Gasteiger partial charge in [0.25, 0.3) is 0 Å². The number of carbonyl (C=O) groups excluding carboxylic acids is 1. The van der Waals surface area contributed by atoms with Gasteiger partial charge in [-0.2, -0.15) is 0 Å². The van der Waals surface area contributed by atoms with Gasteiger partial charge in [-0.15, -0.1) is 0 Å². The number of hydrogen-bond donors (Lipinski definition) is 3. The molecule has 4 aromatic rings. The van der Waals surface area contributed by atoms with Crippen molar-refractivity contribution in [3.05, 3.63) is 67.5 Å². The third kappa shape index (κ3) is 5.47. The molecular formula is C27H31N7O2. The molecule has 3 N–H and O–H groups in total. The number of ether oxygens (including phenoxy) is 1. The SMILES string of the molecule is [2H]C([2H])([2H])N(CCN(C)C)c1cc(OC)c(Nc2nccc(-c3c[nH]c4ccccc34)n2)cc1NC(=O)C=C. The molecule has 4 rings (SSSR count). The minimum absolute atomic E-state index is 0.187. The molecule has 2 aromatic heterocycles. The first-order valence-corrected chi connectivity index (χ1v) is 11.3. The molecule has 36 heavy (non-hydrogen) atoms. The van der Waals surface area contributed by atoms with Crippen molar-refractivity contribution in [3.8, 4) is 17.0 Å². The van der Waals surface area contributed by atoms with E-state index in [-0.39, 0.29) is 17.9 Å². The Hall–Kier alpha value is -4.37. The number of benzene rings is 2. The van der Waals surface area contributed by atoms with Crippen LogP contribution in [0.2, 0.25) is 0 Å². The van der Waals surface area contributed by atoms with Crippen LogP contribution in [0.25, 0.3) is 22.2 Å². The second-order valence-electron chi connectivity index (χ2n) is 8.36. The predicted octanol–water partition coefficient (Wildman–Crippen LogP) is 4.50. The average Bonchev–Trinajstić information content (AvgIpc) is 3.33. The molecule has 186 valence electrons. The second-order valence-corrected chi connectivity index (χ2v) is 8.36. The Balaban J connectivity index is 1.75. The highest BCUT2D eigenvalue weighted by Crippen LogP contribution is 2.38. The van der Waals surface area contributed by atoms with E-state index in [1.54, 1.807) is 18.3 Å². The predicted molar refractivity (Wildman–Crippen MR) is 146 cm³/mol. The smallest absolute Gasteiger partial charge is 0.247 e. The van der Waals surface area contributed by atoms with Gasteiger partial charge in [-0.1, -0.05) is 24.8 Å². The van der Waals surface area contributed by atoms with Crippen molar-refractivity contribution in [3.63, 3.8) is 0 Å². The van der Waals surface area contributed by atoms with Gasteiger partial charge in [0.05, 0.1) is 29.9 Å². The van der Waals surface area contributed by atoms with Crippen molar-refractivity contribution < 1.29 is 13.6 Å². The van der Waals surface area contributed by atoms with Gasteiger partial charge in [-0.25, -0.2) is 9.97 Å². The third-order valence-electron chi connectivity index (χ3n) is 5.59. The van der Waals surface area contributed by atoms with Crippen LogP contribution in [0.5, 0.6) is 5.75 Å². The molecule has 2 aromatic carbocycles. The van der Waals surface area contributed by atoms with E-state index in [0.717, 1.165) is 22.5 Å². The fraction of sp³-hybridized carbons (Fsp3) is 0.222. The molecule has 0 bridgehead atoms. The number of aromatic amines is 1. The number of hydrogen-bond acceptors (Lipinski definition) is 7. The summed E-state index contributed by atoms with van der Waals surface area (Å²) in [5, 5.41) is 6.92. The standard InChI is InChI=1S/C27H31N7O2/c1-6-26(35)30-22-15-23(25(36-5)16-24(22)34(4)14-13-33(2)3)32-27-28-12-11-21(31-27)19-17-29-20-10-8-7-9-18(19)20/h6-12,15-17,29H,1,13-14H2,2-5H3,(H,30,35)(H,28,31,32)/i4D3. The molecule has 0 aliphatic rings. The van der Waals surface area contributed by atoms with E-state index in [0.29, 0.717) is 29.6 Å². The number of nitrogens with one attached hydrogen (secondary N) is 3. The molecule has 9 nitrogen and oxygen atoms in total. The van der Waals surface area contributed by atoms with E-state index in [2.05, 4.69) is 32.2 Å². The van der Waals surface area contributed by atoms with E-state index < -0.39 is 12.9 Å². The number of anilines is 4. The van der Waals surface area contributed by atoms with Gasteiger partial charge in [-0.3, -0.25) is 4.79 Å². The number of amides is 1. The Kier molecular flexibility index (Phi) is 6.36. The quantitative estimate of drug-likeness (QED) is 0.283. The van der Waals surface area contributed by atoms with Crippen LogP contribution in [-0.2, 0) is 4.79 Å². The Morgan fingerprint density at radius 3 is 2.81 bits per heavy atom. The highest BCUT2D eigenvalue weighted by molar-refractivity contribution is 6.02. The molecule has 0 spiro atoms. The lowest BCUT2D eigenvalue weighted by atomic mass is 10.1. The van der Waals surface area contributed by atoms with Crippen molar-refractivity contribution >= 4 is 39.8 Å². The maximum absolute atomic E-state index is 12.3. The Bertz CT molecular complexity index is 1480. The lowest BCUT2D eigenvalue weighted by Crippen LogP contribution is -2.29. The van der Waals surface area contributed by atoms with Crippen LogP contribution in [0.3, 0.4) is 0 Å². The fourth-order valence-corrected chi connectivity index (χ4v) is 3.74. The molecule has 0 radical (unpaired) electrons. The first-order valence-electron chi connectivity index (χ1n) is 12.8. The minimum Gasteiger partial charge on any atom is -0.494 e. The summed E-state index contributed by atoms with van der Waals surface area (Å²) in [5.74, 6) is 0.162. The monoisotopic (exact) mass is 488 g/mol. The van der Waals surface area contributed by atoms with Crippen LogP contribution in [0.15, 0.2) is 67.5 Å². The number of methoxy groups -OCH3 is 1. The van der Waals surface area contributed by atoms with Gasteiger partial charge < -0.3 is 30.2 Å². The summed E-state index contributed by atoms with van der Waals surface area (Å²) in [4.78, 5) is 27.7. The minimum atomic E-state index is -2.47. The van der Waals surface area contributed by atoms with Gasteiger partial charge in [0, 0.05) is 59.1 Å². The van der Waals surface area contributed by atoms with Crippen molar-refractivity contribution in [2.45, 2.75) is 0 Å². The van der Waals surface area contributed by atoms with E-state index in [9.17, 15) is 4.79 Å². The number of fused-ring (bicyclic) bond motifs is 1. The Morgan fingerprint density at radius 1 is 1.22 bits per heavy atom. The number of para-hydroxylation sites is 1. The van der Waals surface area contributed by atoms with E-state index in [1.807, 2.05) is 55.5 Å². The molecule has 0 aliphatic heterocycles. The van der Waals surface area contributed by atoms with Crippen molar-refractivity contribution in [1.82, 2.24) is 19.9 Å².